The number of hydrogen-bond acceptors (Lipinski definition) is 9. The number of carbonyl (C=O) groups excluding carboxylic acids is 4. The SMILES string of the molecule is C=C(O[C@H]1CC=C(C(=O)CCC(=O)[O-])[C@@H](C(=O)[O-])[C@@H]1O)C(=O)[O-]. The second-order valence-corrected chi connectivity index (χ2v) is 4.84. The van der Waals surface area contributed by atoms with Gasteiger partial charge in [0.05, 0.1) is 11.9 Å². The molecule has 0 aromatic heterocycles. The van der Waals surface area contributed by atoms with Crippen LogP contribution in [0.25, 0.3) is 0 Å². The van der Waals surface area contributed by atoms with E-state index in [1.54, 1.807) is 0 Å². The van der Waals surface area contributed by atoms with Crippen LogP contribution in [0.15, 0.2) is 24.0 Å². The van der Waals surface area contributed by atoms with Gasteiger partial charge >= 0.3 is 0 Å². The summed E-state index contributed by atoms with van der Waals surface area (Å²) < 4.78 is 4.81. The van der Waals surface area contributed by atoms with Gasteiger partial charge in [-0.3, -0.25) is 4.79 Å². The molecule has 0 amide bonds. The highest BCUT2D eigenvalue weighted by atomic mass is 16.5. The minimum Gasteiger partial charge on any atom is -0.550 e. The Kier molecular flexibility index (Phi) is 6.02. The van der Waals surface area contributed by atoms with Crippen LogP contribution < -0.4 is 15.3 Å². The predicted molar refractivity (Wildman–Crippen MR) is 65.5 cm³/mol. The Hall–Kier alpha value is -2.68. The molecule has 0 radical (unpaired) electrons. The van der Waals surface area contributed by atoms with E-state index in [9.17, 15) is 39.6 Å². The average Bonchev–Trinajstić information content (AvgIpc) is 2.45. The van der Waals surface area contributed by atoms with E-state index in [1.807, 2.05) is 0 Å². The van der Waals surface area contributed by atoms with Gasteiger partial charge in [0.2, 0.25) is 0 Å². The van der Waals surface area contributed by atoms with Crippen molar-refractivity contribution in [1.82, 2.24) is 0 Å². The van der Waals surface area contributed by atoms with Crippen molar-refractivity contribution < 1.29 is 44.3 Å². The summed E-state index contributed by atoms with van der Waals surface area (Å²) in [6.45, 7) is 3.04. The molecule has 1 aliphatic rings. The molecule has 23 heavy (non-hydrogen) atoms. The molecule has 126 valence electrons. The molecule has 0 aromatic carbocycles. The minimum atomic E-state index is -1.78. The molecule has 3 atom stereocenters. The molecular formula is C14H13O9-3. The fourth-order valence-electron chi connectivity index (χ4n) is 2.17. The van der Waals surface area contributed by atoms with E-state index in [2.05, 4.69) is 6.58 Å². The molecule has 1 rings (SSSR count). The third kappa shape index (κ3) is 4.65. The highest BCUT2D eigenvalue weighted by molar-refractivity contribution is 6.01. The summed E-state index contributed by atoms with van der Waals surface area (Å²) in [5.41, 5.74) is -0.322. The highest BCUT2D eigenvalue weighted by Crippen LogP contribution is 2.29. The first-order valence-electron chi connectivity index (χ1n) is 6.54. The largest absolute Gasteiger partial charge is 0.550 e. The molecule has 1 aliphatic carbocycles. The Labute approximate surface area is 130 Å². The second kappa shape index (κ2) is 7.54. The number of aliphatic hydroxyl groups is 1. The summed E-state index contributed by atoms with van der Waals surface area (Å²) >= 11 is 0. The molecule has 0 unspecified atom stereocenters. The van der Waals surface area contributed by atoms with Crippen LogP contribution in [0.3, 0.4) is 0 Å². The molecule has 0 heterocycles. The van der Waals surface area contributed by atoms with Crippen molar-refractivity contribution in [2.24, 2.45) is 5.92 Å². The van der Waals surface area contributed by atoms with Crippen LogP contribution in [-0.4, -0.2) is 41.0 Å². The summed E-state index contributed by atoms with van der Waals surface area (Å²) in [6.07, 6.45) is -3.19. The molecule has 1 N–H and O–H groups in total. The normalized spacial score (nSPS) is 23.5. The maximum Gasteiger partial charge on any atom is 0.159 e. The van der Waals surface area contributed by atoms with E-state index in [4.69, 9.17) is 4.74 Å². The third-order valence-corrected chi connectivity index (χ3v) is 3.28. The molecule has 0 spiro atoms. The molecule has 0 fully saturated rings. The number of carbonyl (C=O) groups is 4. The number of ether oxygens (including phenoxy) is 1. The Morgan fingerprint density at radius 1 is 1.22 bits per heavy atom. The van der Waals surface area contributed by atoms with Crippen molar-refractivity contribution in [2.75, 3.05) is 0 Å². The number of aliphatic carboxylic acids is 3. The molecule has 9 nitrogen and oxygen atoms in total. The van der Waals surface area contributed by atoms with E-state index >= 15 is 0 Å². The van der Waals surface area contributed by atoms with Crippen LogP contribution >= 0.6 is 0 Å². The van der Waals surface area contributed by atoms with Gasteiger partial charge in [0, 0.05) is 24.4 Å². The molecule has 0 saturated heterocycles. The van der Waals surface area contributed by atoms with E-state index in [0.717, 1.165) is 6.08 Å². The van der Waals surface area contributed by atoms with Crippen molar-refractivity contribution in [1.29, 1.82) is 0 Å². The van der Waals surface area contributed by atoms with Crippen LogP contribution in [-0.2, 0) is 23.9 Å². The number of hydrogen-bond donors (Lipinski definition) is 1. The van der Waals surface area contributed by atoms with E-state index < -0.39 is 60.4 Å². The summed E-state index contributed by atoms with van der Waals surface area (Å²) in [5.74, 6) is -8.37. The van der Waals surface area contributed by atoms with E-state index in [0.29, 0.717) is 0 Å². The molecule has 9 heteroatoms. The third-order valence-electron chi connectivity index (χ3n) is 3.28. The van der Waals surface area contributed by atoms with Gasteiger partial charge < -0.3 is 39.5 Å². The van der Waals surface area contributed by atoms with Crippen LogP contribution in [0.4, 0.5) is 0 Å². The van der Waals surface area contributed by atoms with Gasteiger partial charge in [-0.25, -0.2) is 0 Å². The average molecular weight is 325 g/mol. The smallest absolute Gasteiger partial charge is 0.159 e. The highest BCUT2D eigenvalue weighted by Gasteiger charge is 2.38. The molecule has 0 aromatic rings. The second-order valence-electron chi connectivity index (χ2n) is 4.84. The first-order chi connectivity index (χ1) is 10.6. The Bertz CT molecular complexity index is 575. The van der Waals surface area contributed by atoms with Crippen molar-refractivity contribution in [2.45, 2.75) is 31.5 Å². The zero-order valence-electron chi connectivity index (χ0n) is 11.9. The van der Waals surface area contributed by atoms with Crippen LogP contribution in [0.2, 0.25) is 0 Å². The molecule has 0 aliphatic heterocycles. The molecule has 0 bridgehead atoms. The monoisotopic (exact) mass is 325 g/mol. The lowest BCUT2D eigenvalue weighted by atomic mass is 9.80. The number of rotatable bonds is 8. The van der Waals surface area contributed by atoms with Gasteiger partial charge in [-0.15, -0.1) is 0 Å². The van der Waals surface area contributed by atoms with E-state index in [-0.39, 0.29) is 12.0 Å². The van der Waals surface area contributed by atoms with Gasteiger partial charge in [-0.1, -0.05) is 12.7 Å². The maximum absolute atomic E-state index is 11.9. The predicted octanol–water partition coefficient (Wildman–Crippen LogP) is -4.21. The van der Waals surface area contributed by atoms with Crippen molar-refractivity contribution >= 4 is 23.7 Å². The van der Waals surface area contributed by atoms with Crippen LogP contribution in [0.1, 0.15) is 19.3 Å². The summed E-state index contributed by atoms with van der Waals surface area (Å²) in [4.78, 5) is 44.0. The van der Waals surface area contributed by atoms with Gasteiger partial charge in [0.1, 0.15) is 23.9 Å². The lowest BCUT2D eigenvalue weighted by Crippen LogP contribution is -2.49. The number of carboxylic acids is 3. The number of carboxylic acid groups (broad SMARTS) is 3. The van der Waals surface area contributed by atoms with Crippen LogP contribution in [0.5, 0.6) is 0 Å². The zero-order chi connectivity index (χ0) is 17.7. The number of ketones is 1. The summed E-state index contributed by atoms with van der Waals surface area (Å²) in [7, 11) is 0. The van der Waals surface area contributed by atoms with Gasteiger partial charge in [0.25, 0.3) is 0 Å². The van der Waals surface area contributed by atoms with E-state index in [1.165, 1.54) is 0 Å². The Balaban J connectivity index is 2.95. The minimum absolute atomic E-state index is 0.177. The number of aliphatic hydroxyl groups excluding tert-OH is 1. The zero-order valence-corrected chi connectivity index (χ0v) is 11.9. The van der Waals surface area contributed by atoms with Gasteiger partial charge in [-0.2, -0.15) is 0 Å². The van der Waals surface area contributed by atoms with Crippen LogP contribution in [0, 0.1) is 5.92 Å². The van der Waals surface area contributed by atoms with Gasteiger partial charge in [-0.05, 0) is 6.42 Å². The Morgan fingerprint density at radius 2 is 1.83 bits per heavy atom. The fraction of sp³-hybridized carbons (Fsp3) is 0.429. The van der Waals surface area contributed by atoms with Crippen molar-refractivity contribution in [3.8, 4) is 0 Å². The fourth-order valence-corrected chi connectivity index (χ4v) is 2.17. The molecule has 0 saturated carbocycles. The lowest BCUT2D eigenvalue weighted by molar-refractivity contribution is -0.314. The molecular weight excluding hydrogens is 312 g/mol. The Morgan fingerprint density at radius 3 is 2.30 bits per heavy atom. The summed E-state index contributed by atoms with van der Waals surface area (Å²) in [5, 5.41) is 42.1. The maximum atomic E-state index is 11.9. The van der Waals surface area contributed by atoms with Crippen molar-refractivity contribution in [3.63, 3.8) is 0 Å². The van der Waals surface area contributed by atoms with Gasteiger partial charge in [0.15, 0.2) is 5.78 Å². The summed E-state index contributed by atoms with van der Waals surface area (Å²) in [6, 6.07) is 0. The first kappa shape index (κ1) is 18.4. The number of Topliss-reactive ketones (excluding diaryl/α,β-unsaturated/α-hetero) is 1. The lowest BCUT2D eigenvalue weighted by Gasteiger charge is -2.35. The topological polar surface area (TPSA) is 167 Å². The first-order valence-corrected chi connectivity index (χ1v) is 6.54. The standard InChI is InChI=1S/C14H16O9/c1-6(13(19)20)23-9-4-2-7(8(15)3-5-10(16)17)11(12(9)18)14(21)22/h2,9,11-12,18H,1,3-5H2,(H,16,17)(H,19,20)(H,21,22)/p-3/t9-,11+,12+/m0/s1. The quantitative estimate of drug-likeness (QED) is 0.343. The van der Waals surface area contributed by atoms with Crippen molar-refractivity contribution in [3.05, 3.63) is 24.0 Å².